The molecule has 1 amide bonds. The molecular weight excluding hydrogens is 434 g/mol. The first-order chi connectivity index (χ1) is 15.4. The van der Waals surface area contributed by atoms with E-state index in [2.05, 4.69) is 30.4 Å². The Morgan fingerprint density at radius 3 is 2.66 bits per heavy atom. The Morgan fingerprint density at radius 1 is 1.25 bits per heavy atom. The molecule has 3 atom stereocenters. The molecule has 0 aliphatic carbocycles. The molecule has 2 aliphatic heterocycles. The summed E-state index contributed by atoms with van der Waals surface area (Å²) >= 11 is 6.30. The molecule has 4 heterocycles. The van der Waals surface area contributed by atoms with Crippen LogP contribution in [0.1, 0.15) is 37.8 Å². The lowest BCUT2D eigenvalue weighted by Gasteiger charge is -2.49. The molecule has 10 nitrogen and oxygen atoms in total. The molecule has 32 heavy (non-hydrogen) atoms. The minimum Gasteiger partial charge on any atom is -0.447 e. The number of carbonyl (C=O) groups excluding carboxylic acids is 1. The van der Waals surface area contributed by atoms with Crippen LogP contribution in [0.15, 0.2) is 12.1 Å². The topological polar surface area (TPSA) is 108 Å². The molecule has 11 heteroatoms. The lowest BCUT2D eigenvalue weighted by atomic mass is 9.81. The molecule has 2 aromatic rings. The van der Waals surface area contributed by atoms with Gasteiger partial charge in [0.25, 0.3) is 0 Å². The van der Waals surface area contributed by atoms with E-state index in [1.807, 2.05) is 24.9 Å². The van der Waals surface area contributed by atoms with E-state index in [1.165, 1.54) is 0 Å². The van der Waals surface area contributed by atoms with E-state index in [9.17, 15) is 4.79 Å². The Hall–Kier alpha value is -2.59. The number of aryl methyl sites for hydroxylation is 1. The number of fused-ring (bicyclic) bond motifs is 2. The van der Waals surface area contributed by atoms with Gasteiger partial charge in [0, 0.05) is 50.1 Å². The number of piperidine rings is 2. The lowest BCUT2D eigenvalue weighted by molar-refractivity contribution is 0.00862. The van der Waals surface area contributed by atoms with Gasteiger partial charge in [-0.05, 0) is 39.0 Å². The van der Waals surface area contributed by atoms with Crippen molar-refractivity contribution in [2.24, 2.45) is 0 Å². The highest BCUT2D eigenvalue weighted by Crippen LogP contribution is 2.37. The number of anilines is 3. The largest absolute Gasteiger partial charge is 0.447 e. The van der Waals surface area contributed by atoms with Gasteiger partial charge in [0.05, 0.1) is 6.61 Å². The third-order valence-corrected chi connectivity index (χ3v) is 6.38. The average molecular weight is 464 g/mol. The number of carbonyl (C=O) groups is 1. The van der Waals surface area contributed by atoms with Crippen LogP contribution in [0, 0.1) is 6.92 Å². The summed E-state index contributed by atoms with van der Waals surface area (Å²) in [5.74, 6) is 1.80. The number of aromatic nitrogens is 4. The molecular formula is C21H30ClN7O3. The molecule has 174 valence electrons. The highest BCUT2D eigenvalue weighted by atomic mass is 35.5. The summed E-state index contributed by atoms with van der Waals surface area (Å²) < 4.78 is 10.4. The van der Waals surface area contributed by atoms with Crippen LogP contribution in [0.5, 0.6) is 0 Å². The third-order valence-electron chi connectivity index (χ3n) is 6.18. The van der Waals surface area contributed by atoms with Crippen molar-refractivity contribution in [3.8, 4) is 0 Å². The summed E-state index contributed by atoms with van der Waals surface area (Å²) in [4.78, 5) is 25.8. The quantitative estimate of drug-likeness (QED) is 0.474. The van der Waals surface area contributed by atoms with Gasteiger partial charge in [-0.3, -0.25) is 5.10 Å². The molecule has 0 unspecified atom stereocenters. The molecule has 0 radical (unpaired) electrons. The molecule has 0 aromatic carbocycles. The predicted molar refractivity (Wildman–Crippen MR) is 122 cm³/mol. The van der Waals surface area contributed by atoms with Crippen LogP contribution in [0.4, 0.5) is 22.4 Å². The summed E-state index contributed by atoms with van der Waals surface area (Å²) in [6.07, 6.45) is 4.51. The summed E-state index contributed by atoms with van der Waals surface area (Å²) in [5.41, 5.74) is 0.948. The van der Waals surface area contributed by atoms with Crippen LogP contribution < -0.4 is 10.2 Å². The Morgan fingerprint density at radius 2 is 2.00 bits per heavy atom. The SMILES string of the molecule is COCCOC(=O)N1[C@@H]2CCC[C@H]1C[C@H](N(C)c1nc(Cl)cc(Nc3cc(C)[nH]n3)n1)C2. The van der Waals surface area contributed by atoms with Crippen molar-refractivity contribution < 1.29 is 14.3 Å². The van der Waals surface area contributed by atoms with Crippen molar-refractivity contribution in [1.82, 2.24) is 25.1 Å². The van der Waals surface area contributed by atoms with Crippen molar-refractivity contribution in [2.45, 2.75) is 57.2 Å². The predicted octanol–water partition coefficient (Wildman–Crippen LogP) is 3.51. The number of nitrogens with one attached hydrogen (secondary N) is 2. The number of aromatic amines is 1. The number of halogens is 1. The van der Waals surface area contributed by atoms with Crippen LogP contribution in [0.25, 0.3) is 0 Å². The maximum atomic E-state index is 12.7. The number of rotatable bonds is 7. The van der Waals surface area contributed by atoms with E-state index in [4.69, 9.17) is 21.1 Å². The normalized spacial score (nSPS) is 22.5. The Labute approximate surface area is 192 Å². The zero-order valence-electron chi connectivity index (χ0n) is 18.7. The van der Waals surface area contributed by atoms with Crippen molar-refractivity contribution in [2.75, 3.05) is 37.6 Å². The van der Waals surface area contributed by atoms with E-state index in [1.54, 1.807) is 13.2 Å². The number of methoxy groups -OCH3 is 1. The molecule has 2 saturated heterocycles. The second kappa shape index (κ2) is 9.91. The minimum atomic E-state index is -0.238. The van der Waals surface area contributed by atoms with Gasteiger partial charge in [-0.15, -0.1) is 0 Å². The summed E-state index contributed by atoms with van der Waals surface area (Å²) in [6, 6.07) is 4.06. The zero-order chi connectivity index (χ0) is 22.7. The van der Waals surface area contributed by atoms with E-state index < -0.39 is 0 Å². The lowest BCUT2D eigenvalue weighted by Crippen LogP contribution is -2.58. The van der Waals surface area contributed by atoms with Gasteiger partial charge in [-0.25, -0.2) is 9.78 Å². The van der Waals surface area contributed by atoms with Crippen LogP contribution in [0.2, 0.25) is 5.15 Å². The first kappa shape index (κ1) is 22.6. The van der Waals surface area contributed by atoms with E-state index in [0.717, 1.165) is 37.8 Å². The fourth-order valence-corrected chi connectivity index (χ4v) is 4.84. The fourth-order valence-electron chi connectivity index (χ4n) is 4.66. The van der Waals surface area contributed by atoms with Crippen molar-refractivity contribution in [3.63, 3.8) is 0 Å². The van der Waals surface area contributed by atoms with Crippen molar-refractivity contribution >= 4 is 35.3 Å². The van der Waals surface area contributed by atoms with Crippen molar-refractivity contribution in [1.29, 1.82) is 0 Å². The molecule has 2 aromatic heterocycles. The highest BCUT2D eigenvalue weighted by molar-refractivity contribution is 6.29. The number of ether oxygens (including phenoxy) is 2. The van der Waals surface area contributed by atoms with Gasteiger partial charge < -0.3 is 24.6 Å². The highest BCUT2D eigenvalue weighted by Gasteiger charge is 2.43. The average Bonchev–Trinajstić information content (AvgIpc) is 3.16. The van der Waals surface area contributed by atoms with E-state index in [-0.39, 0.29) is 30.8 Å². The van der Waals surface area contributed by atoms with Crippen LogP contribution >= 0.6 is 11.6 Å². The molecule has 2 fully saturated rings. The molecule has 2 bridgehead atoms. The standard InChI is InChI=1S/C21H30ClN7O3/c1-13-9-19(27-26-13)24-18-12-17(22)23-20(25-18)28(2)16-10-14-5-4-6-15(11-16)29(14)21(30)32-8-7-31-3/h9,12,14-16H,4-8,10-11H2,1-3H3,(H2,23,24,25,26,27)/t14-,15+,16-. The van der Waals surface area contributed by atoms with Crippen LogP contribution in [0.3, 0.4) is 0 Å². The second-order valence-corrected chi connectivity index (χ2v) is 8.81. The molecule has 2 aliphatic rings. The van der Waals surface area contributed by atoms with Crippen molar-refractivity contribution in [3.05, 3.63) is 23.0 Å². The minimum absolute atomic E-state index is 0.147. The number of H-pyrrole nitrogens is 1. The van der Waals surface area contributed by atoms with Crippen LogP contribution in [-0.4, -0.2) is 76.7 Å². The summed E-state index contributed by atoms with van der Waals surface area (Å²) in [7, 11) is 3.58. The van der Waals surface area contributed by atoms with Crippen LogP contribution in [-0.2, 0) is 9.47 Å². The van der Waals surface area contributed by atoms with Gasteiger partial charge in [0.1, 0.15) is 17.6 Å². The maximum absolute atomic E-state index is 12.7. The Kier molecular flexibility index (Phi) is 7.00. The Balaban J connectivity index is 1.46. The molecule has 0 saturated carbocycles. The second-order valence-electron chi connectivity index (χ2n) is 8.43. The van der Waals surface area contributed by atoms with E-state index >= 15 is 0 Å². The Bertz CT molecular complexity index is 926. The summed E-state index contributed by atoms with van der Waals surface area (Å²) in [5, 5.41) is 10.6. The number of amides is 1. The van der Waals surface area contributed by atoms with Gasteiger partial charge in [-0.1, -0.05) is 11.6 Å². The molecule has 2 N–H and O–H groups in total. The number of nitrogens with zero attached hydrogens (tertiary/aromatic N) is 5. The molecule has 4 rings (SSSR count). The third kappa shape index (κ3) is 5.07. The number of hydrogen-bond acceptors (Lipinski definition) is 8. The maximum Gasteiger partial charge on any atom is 0.410 e. The van der Waals surface area contributed by atoms with Gasteiger partial charge >= 0.3 is 6.09 Å². The van der Waals surface area contributed by atoms with Gasteiger partial charge in [0.2, 0.25) is 5.95 Å². The fraction of sp³-hybridized carbons (Fsp3) is 0.619. The van der Waals surface area contributed by atoms with Gasteiger partial charge in [-0.2, -0.15) is 10.1 Å². The van der Waals surface area contributed by atoms with E-state index in [0.29, 0.717) is 29.3 Å². The first-order valence-electron chi connectivity index (χ1n) is 10.9. The first-order valence-corrected chi connectivity index (χ1v) is 11.3. The summed E-state index contributed by atoms with van der Waals surface area (Å²) in [6.45, 7) is 2.61. The monoisotopic (exact) mass is 463 g/mol. The van der Waals surface area contributed by atoms with Gasteiger partial charge in [0.15, 0.2) is 5.82 Å². The molecule has 0 spiro atoms. The number of hydrogen-bond donors (Lipinski definition) is 2. The smallest absolute Gasteiger partial charge is 0.410 e. The zero-order valence-corrected chi connectivity index (χ0v) is 19.4.